The molecular weight excluding hydrogens is 288 g/mol. The van der Waals surface area contributed by atoms with Crippen LogP contribution in [0.15, 0.2) is 42.5 Å². The highest BCUT2D eigenvalue weighted by Crippen LogP contribution is 2.24. The molecule has 0 heterocycles. The Morgan fingerprint density at radius 1 is 1.04 bits per heavy atom. The summed E-state index contributed by atoms with van der Waals surface area (Å²) in [5.74, 6) is 5.69. The van der Waals surface area contributed by atoms with Gasteiger partial charge >= 0.3 is 5.97 Å². The molecule has 23 heavy (non-hydrogen) atoms. The number of hydrogen-bond acceptors (Lipinski definition) is 2. The Morgan fingerprint density at radius 3 is 2.57 bits per heavy atom. The molecular formula is C20H16O3. The van der Waals surface area contributed by atoms with Gasteiger partial charge in [-0.25, -0.2) is 0 Å². The van der Waals surface area contributed by atoms with Crippen molar-refractivity contribution >= 4 is 11.8 Å². The summed E-state index contributed by atoms with van der Waals surface area (Å²) in [5, 5.41) is 8.69. The second-order valence-electron chi connectivity index (χ2n) is 5.60. The lowest BCUT2D eigenvalue weighted by Gasteiger charge is -2.00. The van der Waals surface area contributed by atoms with Crippen molar-refractivity contribution in [3.63, 3.8) is 0 Å². The Balaban J connectivity index is 1.78. The highest BCUT2D eigenvalue weighted by molar-refractivity contribution is 6.01. The van der Waals surface area contributed by atoms with Gasteiger partial charge in [0.25, 0.3) is 0 Å². The number of carbonyl (C=O) groups excluding carboxylic acids is 1. The van der Waals surface area contributed by atoms with E-state index in [2.05, 4.69) is 11.8 Å². The van der Waals surface area contributed by atoms with Crippen LogP contribution in [0.1, 0.15) is 45.5 Å². The average molecular weight is 304 g/mol. The van der Waals surface area contributed by atoms with Crippen molar-refractivity contribution in [2.45, 2.75) is 25.7 Å². The summed E-state index contributed by atoms with van der Waals surface area (Å²) < 4.78 is 0. The standard InChI is InChI=1S/C20H16O3/c21-19-12-11-17-16(2-1-3-18(17)19)10-8-14-4-6-15(7-5-14)9-13-20(22)23/h1-7H,9,11-13H2,(H,22,23). The minimum absolute atomic E-state index is 0.134. The molecule has 0 unspecified atom stereocenters. The van der Waals surface area contributed by atoms with Crippen molar-refractivity contribution in [2.75, 3.05) is 0 Å². The van der Waals surface area contributed by atoms with Crippen molar-refractivity contribution in [1.82, 2.24) is 0 Å². The molecule has 0 aliphatic heterocycles. The van der Waals surface area contributed by atoms with Gasteiger partial charge in [-0.1, -0.05) is 36.1 Å². The average Bonchev–Trinajstić information content (AvgIpc) is 2.94. The summed E-state index contributed by atoms with van der Waals surface area (Å²) in [6.07, 6.45) is 2.01. The van der Waals surface area contributed by atoms with Crippen LogP contribution >= 0.6 is 0 Å². The number of fused-ring (bicyclic) bond motifs is 1. The van der Waals surface area contributed by atoms with Gasteiger partial charge in [0.2, 0.25) is 0 Å². The Morgan fingerprint density at radius 2 is 1.83 bits per heavy atom. The summed E-state index contributed by atoms with van der Waals surface area (Å²) in [7, 11) is 0. The van der Waals surface area contributed by atoms with Crippen molar-refractivity contribution < 1.29 is 14.7 Å². The maximum absolute atomic E-state index is 11.7. The number of carbonyl (C=O) groups is 2. The van der Waals surface area contributed by atoms with Crippen LogP contribution in [0.3, 0.4) is 0 Å². The third-order valence-electron chi connectivity index (χ3n) is 4.00. The number of aryl methyl sites for hydroxylation is 1. The molecule has 2 aromatic carbocycles. The first-order valence-electron chi connectivity index (χ1n) is 7.61. The maximum Gasteiger partial charge on any atom is 0.303 e. The lowest BCUT2D eigenvalue weighted by atomic mass is 10.0. The molecule has 0 atom stereocenters. The number of carboxylic acids is 1. The van der Waals surface area contributed by atoms with E-state index in [9.17, 15) is 9.59 Å². The second-order valence-corrected chi connectivity index (χ2v) is 5.60. The summed E-state index contributed by atoms with van der Waals surface area (Å²) in [4.78, 5) is 22.3. The van der Waals surface area contributed by atoms with Crippen molar-refractivity contribution in [3.8, 4) is 11.8 Å². The summed E-state index contributed by atoms with van der Waals surface area (Å²) >= 11 is 0. The fraction of sp³-hybridized carbons (Fsp3) is 0.200. The number of carboxylic acid groups (broad SMARTS) is 1. The van der Waals surface area contributed by atoms with E-state index in [0.717, 1.165) is 34.2 Å². The van der Waals surface area contributed by atoms with Crippen LogP contribution in [-0.2, 0) is 17.6 Å². The van der Waals surface area contributed by atoms with E-state index in [4.69, 9.17) is 5.11 Å². The SMILES string of the molecule is O=C(O)CCc1ccc(C#Cc2cccc3c2CCC3=O)cc1. The highest BCUT2D eigenvalue weighted by atomic mass is 16.4. The van der Waals surface area contributed by atoms with Gasteiger partial charge in [0, 0.05) is 29.5 Å². The van der Waals surface area contributed by atoms with Gasteiger partial charge in [-0.2, -0.15) is 0 Å². The Bertz CT molecular complexity index is 820. The molecule has 3 nitrogen and oxygen atoms in total. The molecule has 1 aliphatic carbocycles. The summed E-state index contributed by atoms with van der Waals surface area (Å²) in [5.41, 5.74) is 4.65. The van der Waals surface area contributed by atoms with E-state index in [1.54, 1.807) is 0 Å². The first-order chi connectivity index (χ1) is 11.1. The minimum Gasteiger partial charge on any atom is -0.481 e. The predicted octanol–water partition coefficient (Wildman–Crippen LogP) is 3.23. The van der Waals surface area contributed by atoms with Gasteiger partial charge in [-0.15, -0.1) is 0 Å². The van der Waals surface area contributed by atoms with Crippen LogP contribution in [0, 0.1) is 11.8 Å². The van der Waals surface area contributed by atoms with Crippen LogP contribution in [-0.4, -0.2) is 16.9 Å². The summed E-state index contributed by atoms with van der Waals surface area (Å²) in [6, 6.07) is 13.3. The number of Topliss-reactive ketones (excluding diaryl/α,β-unsaturated/α-hetero) is 1. The molecule has 3 rings (SSSR count). The number of benzene rings is 2. The van der Waals surface area contributed by atoms with E-state index in [0.29, 0.717) is 12.8 Å². The van der Waals surface area contributed by atoms with Gasteiger partial charge in [0.05, 0.1) is 0 Å². The molecule has 0 saturated heterocycles. The lowest BCUT2D eigenvalue weighted by Crippen LogP contribution is -1.97. The predicted molar refractivity (Wildman–Crippen MR) is 87.5 cm³/mol. The smallest absolute Gasteiger partial charge is 0.303 e. The molecule has 0 amide bonds. The molecule has 0 spiro atoms. The number of ketones is 1. The topological polar surface area (TPSA) is 54.4 Å². The minimum atomic E-state index is -0.790. The third-order valence-corrected chi connectivity index (χ3v) is 4.00. The fourth-order valence-electron chi connectivity index (χ4n) is 2.75. The zero-order valence-electron chi connectivity index (χ0n) is 12.6. The van der Waals surface area contributed by atoms with Crippen LogP contribution < -0.4 is 0 Å². The van der Waals surface area contributed by atoms with Gasteiger partial charge in [-0.05, 0) is 42.2 Å². The Hall–Kier alpha value is -2.86. The zero-order chi connectivity index (χ0) is 16.2. The first-order valence-corrected chi connectivity index (χ1v) is 7.61. The molecule has 0 aromatic heterocycles. The molecule has 0 fully saturated rings. The monoisotopic (exact) mass is 304 g/mol. The second kappa shape index (κ2) is 6.50. The maximum atomic E-state index is 11.7. The number of aliphatic carboxylic acids is 1. The van der Waals surface area contributed by atoms with Gasteiger partial charge in [-0.3, -0.25) is 9.59 Å². The fourth-order valence-corrected chi connectivity index (χ4v) is 2.75. The molecule has 0 radical (unpaired) electrons. The van der Waals surface area contributed by atoms with Gasteiger partial charge in [0.15, 0.2) is 5.78 Å². The number of hydrogen-bond donors (Lipinski definition) is 1. The van der Waals surface area contributed by atoms with E-state index < -0.39 is 5.97 Å². The van der Waals surface area contributed by atoms with Crippen molar-refractivity contribution in [1.29, 1.82) is 0 Å². The molecule has 1 N–H and O–H groups in total. The quantitative estimate of drug-likeness (QED) is 0.886. The molecule has 2 aromatic rings. The van der Waals surface area contributed by atoms with E-state index >= 15 is 0 Å². The third kappa shape index (κ3) is 3.49. The summed E-state index contributed by atoms with van der Waals surface area (Å²) in [6.45, 7) is 0. The lowest BCUT2D eigenvalue weighted by molar-refractivity contribution is -0.136. The molecule has 0 saturated carbocycles. The highest BCUT2D eigenvalue weighted by Gasteiger charge is 2.20. The number of rotatable bonds is 3. The Kier molecular flexibility index (Phi) is 4.25. The van der Waals surface area contributed by atoms with Crippen LogP contribution in [0.2, 0.25) is 0 Å². The van der Waals surface area contributed by atoms with E-state index in [1.807, 2.05) is 42.5 Å². The normalized spacial score (nSPS) is 12.4. The van der Waals surface area contributed by atoms with Crippen LogP contribution in [0.5, 0.6) is 0 Å². The first kappa shape index (κ1) is 15.1. The molecule has 1 aliphatic rings. The van der Waals surface area contributed by atoms with E-state index in [1.165, 1.54) is 0 Å². The zero-order valence-corrected chi connectivity index (χ0v) is 12.6. The molecule has 114 valence electrons. The van der Waals surface area contributed by atoms with Crippen molar-refractivity contribution in [2.24, 2.45) is 0 Å². The van der Waals surface area contributed by atoms with E-state index in [-0.39, 0.29) is 12.2 Å². The van der Waals surface area contributed by atoms with Crippen LogP contribution in [0.25, 0.3) is 0 Å². The van der Waals surface area contributed by atoms with Gasteiger partial charge < -0.3 is 5.11 Å². The Labute approximate surface area is 135 Å². The molecule has 3 heteroatoms. The van der Waals surface area contributed by atoms with Crippen molar-refractivity contribution in [3.05, 3.63) is 70.3 Å². The largest absolute Gasteiger partial charge is 0.481 e. The van der Waals surface area contributed by atoms with Gasteiger partial charge in [0.1, 0.15) is 0 Å². The van der Waals surface area contributed by atoms with Crippen LogP contribution in [0.4, 0.5) is 0 Å². The molecule has 0 bridgehead atoms.